The largest absolute Gasteiger partial charge is 0.416 e. The predicted octanol–water partition coefficient (Wildman–Crippen LogP) is 5.72. The van der Waals surface area contributed by atoms with Gasteiger partial charge in [0, 0.05) is 26.7 Å². The van der Waals surface area contributed by atoms with Gasteiger partial charge >= 0.3 is 18.4 Å². The number of hydrogen-bond donors (Lipinski definition) is 2. The van der Waals surface area contributed by atoms with Gasteiger partial charge in [0.1, 0.15) is 0 Å². The van der Waals surface area contributed by atoms with Gasteiger partial charge in [-0.05, 0) is 49.1 Å². The van der Waals surface area contributed by atoms with Crippen LogP contribution in [0.15, 0.2) is 48.5 Å². The molecule has 0 saturated carbocycles. The van der Waals surface area contributed by atoms with Crippen LogP contribution in [-0.4, -0.2) is 44.2 Å². The van der Waals surface area contributed by atoms with E-state index in [-0.39, 0.29) is 30.3 Å². The summed E-state index contributed by atoms with van der Waals surface area (Å²) < 4.78 is 85.6. The highest BCUT2D eigenvalue weighted by molar-refractivity contribution is 5.73. The molecule has 1 heterocycles. The molecule has 3 atom stereocenters. The Hall–Kier alpha value is -2.79. The second kappa shape index (κ2) is 10.7. The molecule has 36 heavy (non-hydrogen) atoms. The number of carbonyl (C=O) groups excluding carboxylic acids is 1. The maximum Gasteiger partial charge on any atom is 0.416 e. The fourth-order valence-electron chi connectivity index (χ4n) is 4.14. The van der Waals surface area contributed by atoms with Gasteiger partial charge in [0.25, 0.3) is 0 Å². The van der Waals surface area contributed by atoms with Crippen molar-refractivity contribution in [2.45, 2.75) is 49.8 Å². The summed E-state index contributed by atoms with van der Waals surface area (Å²) in [6, 6.07) is 10.4. The lowest BCUT2D eigenvalue weighted by Gasteiger charge is -2.42. The number of ether oxygens (including phenoxy) is 1. The Morgan fingerprint density at radius 2 is 1.67 bits per heavy atom. The standard InChI is InChI=1S/C25H29F6N3O2/c1-16(17-11-19(24(26,27)28)13-20(12-17)25(29,30)31)36-15-23(18-7-5-4-6-8-18)10-9-21(14-32-23)33-22(35)34(2)3/h4-8,11-13,16,21,32H,9-10,14-15H2,1-3H3,(H,33,35)/t16-,21+,23-/m1/s1. The summed E-state index contributed by atoms with van der Waals surface area (Å²) >= 11 is 0. The van der Waals surface area contributed by atoms with E-state index in [1.807, 2.05) is 30.3 Å². The molecule has 1 aliphatic rings. The normalized spacial score (nSPS) is 21.6. The maximum atomic E-state index is 13.3. The zero-order chi connectivity index (χ0) is 26.7. The number of halogens is 6. The van der Waals surface area contributed by atoms with E-state index in [9.17, 15) is 31.1 Å². The second-order valence-electron chi connectivity index (χ2n) is 9.20. The molecule has 1 aliphatic heterocycles. The molecule has 0 bridgehead atoms. The highest BCUT2D eigenvalue weighted by Crippen LogP contribution is 2.39. The van der Waals surface area contributed by atoms with Crippen molar-refractivity contribution < 1.29 is 35.9 Å². The lowest BCUT2D eigenvalue weighted by Crippen LogP contribution is -2.58. The maximum absolute atomic E-state index is 13.3. The quantitative estimate of drug-likeness (QED) is 0.482. The van der Waals surface area contributed by atoms with E-state index in [2.05, 4.69) is 10.6 Å². The van der Waals surface area contributed by atoms with Crippen molar-refractivity contribution in [1.82, 2.24) is 15.5 Å². The number of amides is 2. The summed E-state index contributed by atoms with van der Waals surface area (Å²) in [7, 11) is 3.26. The first kappa shape index (κ1) is 27.8. The molecule has 198 valence electrons. The molecule has 1 fully saturated rings. The summed E-state index contributed by atoms with van der Waals surface area (Å²) in [4.78, 5) is 13.4. The fraction of sp³-hybridized carbons (Fsp3) is 0.480. The van der Waals surface area contributed by atoms with Crippen molar-refractivity contribution in [2.75, 3.05) is 27.2 Å². The number of nitrogens with zero attached hydrogens (tertiary/aromatic N) is 1. The molecule has 2 N–H and O–H groups in total. The minimum atomic E-state index is -4.93. The van der Waals surface area contributed by atoms with E-state index >= 15 is 0 Å². The molecular weight excluding hydrogens is 488 g/mol. The van der Waals surface area contributed by atoms with E-state index in [4.69, 9.17) is 4.74 Å². The number of urea groups is 1. The Morgan fingerprint density at radius 3 is 2.14 bits per heavy atom. The first-order valence-corrected chi connectivity index (χ1v) is 11.4. The molecule has 2 aromatic carbocycles. The number of carbonyl (C=O) groups is 1. The van der Waals surface area contributed by atoms with Crippen molar-refractivity contribution in [3.05, 3.63) is 70.8 Å². The van der Waals surface area contributed by atoms with E-state index in [0.29, 0.717) is 31.5 Å². The van der Waals surface area contributed by atoms with Gasteiger partial charge in [-0.15, -0.1) is 0 Å². The van der Waals surface area contributed by atoms with Crippen LogP contribution in [0, 0.1) is 0 Å². The lowest BCUT2D eigenvalue weighted by atomic mass is 9.81. The van der Waals surface area contributed by atoms with Crippen LogP contribution in [0.1, 0.15) is 48.1 Å². The van der Waals surface area contributed by atoms with Gasteiger partial charge in [0.2, 0.25) is 0 Å². The zero-order valence-corrected chi connectivity index (χ0v) is 20.1. The summed E-state index contributed by atoms with van der Waals surface area (Å²) in [5, 5.41) is 6.31. The van der Waals surface area contributed by atoms with Gasteiger partial charge in [-0.25, -0.2) is 4.79 Å². The fourth-order valence-corrected chi connectivity index (χ4v) is 4.14. The number of rotatable bonds is 6. The van der Waals surface area contributed by atoms with Crippen molar-refractivity contribution in [3.8, 4) is 0 Å². The Labute approximate surface area is 205 Å². The highest BCUT2D eigenvalue weighted by Gasteiger charge is 2.39. The molecule has 0 radical (unpaired) electrons. The van der Waals surface area contributed by atoms with Gasteiger partial charge in [-0.3, -0.25) is 0 Å². The van der Waals surface area contributed by atoms with Crippen molar-refractivity contribution >= 4 is 6.03 Å². The van der Waals surface area contributed by atoms with E-state index in [1.165, 1.54) is 11.8 Å². The van der Waals surface area contributed by atoms with Crippen LogP contribution in [0.2, 0.25) is 0 Å². The summed E-state index contributed by atoms with van der Waals surface area (Å²) in [5.74, 6) is 0. The van der Waals surface area contributed by atoms with Gasteiger partial charge in [0.15, 0.2) is 0 Å². The molecule has 11 heteroatoms. The molecule has 0 spiro atoms. The van der Waals surface area contributed by atoms with Crippen LogP contribution >= 0.6 is 0 Å². The second-order valence-corrected chi connectivity index (χ2v) is 9.20. The third-order valence-electron chi connectivity index (χ3n) is 6.33. The van der Waals surface area contributed by atoms with Crippen LogP contribution in [0.25, 0.3) is 0 Å². The van der Waals surface area contributed by atoms with Gasteiger partial charge < -0.3 is 20.3 Å². The monoisotopic (exact) mass is 517 g/mol. The molecule has 0 unspecified atom stereocenters. The Kier molecular flexibility index (Phi) is 8.24. The SMILES string of the molecule is C[C@@H](OC[C@@]1(c2ccccc2)CC[C@H](NC(=O)N(C)C)CN1)c1cc(C(F)(F)F)cc(C(F)(F)F)c1. The number of nitrogens with one attached hydrogen (secondary N) is 2. The molecule has 3 rings (SSSR count). The van der Waals surface area contributed by atoms with Crippen molar-refractivity contribution in [2.24, 2.45) is 0 Å². The number of piperidine rings is 1. The summed E-state index contributed by atoms with van der Waals surface area (Å²) in [6.07, 6.45) is -9.78. The summed E-state index contributed by atoms with van der Waals surface area (Å²) in [6.45, 7) is 1.84. The highest BCUT2D eigenvalue weighted by atomic mass is 19.4. The Balaban J connectivity index is 1.82. The topological polar surface area (TPSA) is 53.6 Å². The number of benzene rings is 2. The third-order valence-corrected chi connectivity index (χ3v) is 6.33. The van der Waals surface area contributed by atoms with Crippen LogP contribution in [-0.2, 0) is 22.6 Å². The zero-order valence-electron chi connectivity index (χ0n) is 20.1. The molecule has 0 aromatic heterocycles. The van der Waals surface area contributed by atoms with E-state index in [1.54, 1.807) is 14.1 Å². The van der Waals surface area contributed by atoms with Gasteiger partial charge in [-0.2, -0.15) is 26.3 Å². The van der Waals surface area contributed by atoms with E-state index in [0.717, 1.165) is 5.56 Å². The van der Waals surface area contributed by atoms with Crippen molar-refractivity contribution in [3.63, 3.8) is 0 Å². The molecular formula is C25H29F6N3O2. The van der Waals surface area contributed by atoms with Crippen LogP contribution in [0.4, 0.5) is 31.1 Å². The van der Waals surface area contributed by atoms with Crippen LogP contribution in [0.3, 0.4) is 0 Å². The first-order valence-electron chi connectivity index (χ1n) is 11.4. The number of alkyl halides is 6. The number of hydrogen-bond acceptors (Lipinski definition) is 3. The van der Waals surface area contributed by atoms with E-state index < -0.39 is 35.1 Å². The smallest absolute Gasteiger partial charge is 0.372 e. The Bertz CT molecular complexity index is 1000. The predicted molar refractivity (Wildman–Crippen MR) is 122 cm³/mol. The molecule has 2 amide bonds. The van der Waals surface area contributed by atoms with Crippen LogP contribution in [0.5, 0.6) is 0 Å². The Morgan fingerprint density at radius 1 is 1.08 bits per heavy atom. The van der Waals surface area contributed by atoms with Gasteiger partial charge in [0.05, 0.1) is 29.4 Å². The molecule has 5 nitrogen and oxygen atoms in total. The lowest BCUT2D eigenvalue weighted by molar-refractivity contribution is -0.143. The van der Waals surface area contributed by atoms with Crippen LogP contribution < -0.4 is 10.6 Å². The van der Waals surface area contributed by atoms with Gasteiger partial charge in [-0.1, -0.05) is 30.3 Å². The average molecular weight is 518 g/mol. The first-order chi connectivity index (χ1) is 16.7. The third kappa shape index (κ3) is 6.70. The molecule has 2 aromatic rings. The summed E-state index contributed by atoms with van der Waals surface area (Å²) in [5.41, 5.74) is -2.84. The molecule has 0 aliphatic carbocycles. The average Bonchev–Trinajstić information content (AvgIpc) is 2.82. The van der Waals surface area contributed by atoms with Crippen molar-refractivity contribution in [1.29, 1.82) is 0 Å². The minimum Gasteiger partial charge on any atom is -0.372 e. The molecule has 1 saturated heterocycles. The minimum absolute atomic E-state index is 0.00409.